The van der Waals surface area contributed by atoms with Crippen LogP contribution < -0.4 is 4.72 Å². The van der Waals surface area contributed by atoms with Crippen LogP contribution in [0.1, 0.15) is 0 Å². The minimum atomic E-state index is 0.684. The van der Waals surface area contributed by atoms with Crippen molar-refractivity contribution in [3.63, 3.8) is 0 Å². The van der Waals surface area contributed by atoms with E-state index in [9.17, 15) is 0 Å². The van der Waals surface area contributed by atoms with Crippen LogP contribution in [-0.2, 0) is 0 Å². The molecule has 1 nitrogen and oxygen atoms in total. The van der Waals surface area contributed by atoms with E-state index in [0.29, 0.717) is 6.54 Å². The van der Waals surface area contributed by atoms with E-state index in [1.807, 2.05) is 0 Å². The molecule has 0 unspecified atom stereocenters. The molecule has 0 spiro atoms. The van der Waals surface area contributed by atoms with Crippen LogP contribution in [0.4, 0.5) is 0 Å². The van der Waals surface area contributed by atoms with Gasteiger partial charge in [0.15, 0.2) is 0 Å². The summed E-state index contributed by atoms with van der Waals surface area (Å²) in [7, 11) is 0. The summed E-state index contributed by atoms with van der Waals surface area (Å²) >= 11 is 3.61. The van der Waals surface area contributed by atoms with Gasteiger partial charge in [-0.05, 0) is 6.92 Å². The Morgan fingerprint density at radius 3 is 2.25 bits per heavy atom. The van der Waals surface area contributed by atoms with Gasteiger partial charge < -0.3 is 0 Å². The zero-order valence-corrected chi connectivity index (χ0v) is 3.26. The lowest BCUT2D eigenvalue weighted by atomic mass is 10.8. The van der Waals surface area contributed by atoms with Crippen molar-refractivity contribution >= 4 is 12.8 Å². The van der Waals surface area contributed by atoms with Crippen LogP contribution in [0.25, 0.3) is 0 Å². The summed E-state index contributed by atoms with van der Waals surface area (Å²) in [6.45, 7) is 4.10. The molecule has 0 aliphatic carbocycles. The summed E-state index contributed by atoms with van der Waals surface area (Å²) in [6, 6.07) is 0. The molecular formula is C2H6NS. The molecule has 0 heterocycles. The van der Waals surface area contributed by atoms with Crippen LogP contribution in [0.2, 0.25) is 0 Å². The summed E-state index contributed by atoms with van der Waals surface area (Å²) in [6.07, 6.45) is 0. The molecule has 0 aliphatic heterocycles. The standard InChI is InChI=1S/C2H6NS/c1-2-3-4/h3-4H,1-2H2. The first-order valence-corrected chi connectivity index (χ1v) is 1.52. The van der Waals surface area contributed by atoms with Crippen molar-refractivity contribution in [3.8, 4) is 0 Å². The highest BCUT2D eigenvalue weighted by molar-refractivity contribution is 7.78. The van der Waals surface area contributed by atoms with Crippen LogP contribution in [0, 0.1) is 6.92 Å². The number of hydrogen-bond donors (Lipinski definition) is 2. The second kappa shape index (κ2) is 3.31. The Morgan fingerprint density at radius 2 is 2.25 bits per heavy atom. The Balaban J connectivity index is 1.97. The lowest BCUT2D eigenvalue weighted by Gasteiger charge is -1.74. The van der Waals surface area contributed by atoms with Gasteiger partial charge in [0.2, 0.25) is 0 Å². The van der Waals surface area contributed by atoms with Gasteiger partial charge in [-0.25, -0.2) is 0 Å². The van der Waals surface area contributed by atoms with Gasteiger partial charge >= 0.3 is 0 Å². The minimum absolute atomic E-state index is 0.684. The molecule has 0 aromatic carbocycles. The van der Waals surface area contributed by atoms with E-state index in [2.05, 4.69) is 24.5 Å². The highest BCUT2D eigenvalue weighted by Gasteiger charge is 1.51. The summed E-state index contributed by atoms with van der Waals surface area (Å²) < 4.78 is 2.51. The molecular weight excluding hydrogens is 70.1 g/mol. The maximum atomic E-state index is 3.61. The first-order valence-electron chi connectivity index (χ1n) is 1.08. The number of hydrogen-bond acceptors (Lipinski definition) is 2. The molecule has 0 saturated carbocycles. The lowest BCUT2D eigenvalue weighted by Crippen LogP contribution is -1.92. The first kappa shape index (κ1) is 4.31. The molecule has 1 N–H and O–H groups in total. The lowest BCUT2D eigenvalue weighted by molar-refractivity contribution is 1.14. The molecule has 0 atom stereocenters. The van der Waals surface area contributed by atoms with Crippen LogP contribution >= 0.6 is 12.8 Å². The van der Waals surface area contributed by atoms with Crippen molar-refractivity contribution < 1.29 is 0 Å². The highest BCUT2D eigenvalue weighted by atomic mass is 32.1. The maximum absolute atomic E-state index is 3.61. The van der Waals surface area contributed by atoms with Gasteiger partial charge in [0.1, 0.15) is 0 Å². The molecule has 1 radical (unpaired) electrons. The topological polar surface area (TPSA) is 12.0 Å². The smallest absolute Gasteiger partial charge is 0.00566 e. The van der Waals surface area contributed by atoms with Crippen molar-refractivity contribution in [2.75, 3.05) is 6.54 Å². The molecule has 0 saturated heterocycles. The predicted octanol–water partition coefficient (Wildman–Crippen LogP) is 0.255. The van der Waals surface area contributed by atoms with Crippen molar-refractivity contribution in [2.24, 2.45) is 0 Å². The number of rotatable bonds is 1. The van der Waals surface area contributed by atoms with Crippen LogP contribution in [0.3, 0.4) is 0 Å². The fourth-order valence-electron chi connectivity index (χ4n) is 0. The highest BCUT2D eigenvalue weighted by Crippen LogP contribution is 1.49. The van der Waals surface area contributed by atoms with Crippen molar-refractivity contribution in [1.82, 2.24) is 4.72 Å². The normalized spacial score (nSPS) is 7.50. The Hall–Kier alpha value is 0.310. The van der Waals surface area contributed by atoms with E-state index in [-0.39, 0.29) is 0 Å². The van der Waals surface area contributed by atoms with Crippen LogP contribution in [-0.4, -0.2) is 6.54 Å². The third kappa shape index (κ3) is 2.31. The van der Waals surface area contributed by atoms with E-state index in [4.69, 9.17) is 0 Å². The zero-order chi connectivity index (χ0) is 3.41. The molecule has 0 amide bonds. The Morgan fingerprint density at radius 1 is 2.00 bits per heavy atom. The Kier molecular flexibility index (Phi) is 3.57. The molecule has 0 aromatic heterocycles. The SMILES string of the molecule is [CH2]CNS. The molecule has 0 bridgehead atoms. The fraction of sp³-hybridized carbons (Fsp3) is 0.500. The summed E-state index contributed by atoms with van der Waals surface area (Å²) in [5.41, 5.74) is 0. The van der Waals surface area contributed by atoms with Crippen molar-refractivity contribution in [2.45, 2.75) is 0 Å². The van der Waals surface area contributed by atoms with Gasteiger partial charge in [-0.1, -0.05) is 12.8 Å². The molecule has 0 rings (SSSR count). The first-order chi connectivity index (χ1) is 1.91. The average molecular weight is 76.1 g/mol. The fourth-order valence-corrected chi connectivity index (χ4v) is 0. The monoisotopic (exact) mass is 76.0 g/mol. The number of nitrogens with one attached hydrogen (secondary N) is 1. The van der Waals surface area contributed by atoms with E-state index < -0.39 is 0 Å². The van der Waals surface area contributed by atoms with E-state index >= 15 is 0 Å². The predicted molar refractivity (Wildman–Crippen MR) is 22.3 cm³/mol. The quantitative estimate of drug-likeness (QED) is 0.427. The Labute approximate surface area is 31.9 Å². The second-order valence-corrected chi connectivity index (χ2v) is 0.724. The summed E-state index contributed by atoms with van der Waals surface area (Å²) in [4.78, 5) is 0. The van der Waals surface area contributed by atoms with Gasteiger partial charge in [0.05, 0.1) is 0 Å². The second-order valence-electron chi connectivity index (χ2n) is 0.408. The van der Waals surface area contributed by atoms with Gasteiger partial charge in [-0.15, -0.1) is 0 Å². The van der Waals surface area contributed by atoms with E-state index in [0.717, 1.165) is 0 Å². The average Bonchev–Trinajstić information content (AvgIpc) is 1.37. The number of thiol groups is 1. The van der Waals surface area contributed by atoms with Gasteiger partial charge in [-0.3, -0.25) is 4.72 Å². The van der Waals surface area contributed by atoms with Gasteiger partial charge in [0, 0.05) is 6.54 Å². The van der Waals surface area contributed by atoms with Crippen molar-refractivity contribution in [1.29, 1.82) is 0 Å². The van der Waals surface area contributed by atoms with E-state index in [1.165, 1.54) is 0 Å². The van der Waals surface area contributed by atoms with Crippen LogP contribution in [0.5, 0.6) is 0 Å². The summed E-state index contributed by atoms with van der Waals surface area (Å²) in [5.74, 6) is 0. The molecule has 4 heavy (non-hydrogen) atoms. The maximum Gasteiger partial charge on any atom is 0.00566 e. The summed E-state index contributed by atoms with van der Waals surface area (Å²) in [5, 5.41) is 0. The molecule has 0 fully saturated rings. The largest absolute Gasteiger partial charge is 0.267 e. The third-order valence-corrected chi connectivity index (χ3v) is 0.335. The Bertz CT molecular complexity index is 8.00. The minimum Gasteiger partial charge on any atom is -0.267 e. The van der Waals surface area contributed by atoms with Crippen molar-refractivity contribution in [3.05, 3.63) is 6.92 Å². The molecule has 25 valence electrons. The van der Waals surface area contributed by atoms with Gasteiger partial charge in [-0.2, -0.15) is 0 Å². The van der Waals surface area contributed by atoms with Gasteiger partial charge in [0.25, 0.3) is 0 Å². The van der Waals surface area contributed by atoms with E-state index in [1.54, 1.807) is 0 Å². The zero-order valence-electron chi connectivity index (χ0n) is 2.36. The third-order valence-electron chi connectivity index (χ3n) is 0.112. The molecule has 0 aromatic rings. The molecule has 0 aliphatic rings. The molecule has 2 heteroatoms. The van der Waals surface area contributed by atoms with Crippen LogP contribution in [0.15, 0.2) is 0 Å².